The van der Waals surface area contributed by atoms with Crippen molar-refractivity contribution in [3.8, 4) is 5.75 Å². The highest BCUT2D eigenvalue weighted by molar-refractivity contribution is 5.94. The predicted octanol–water partition coefficient (Wildman–Crippen LogP) is 1.52. The van der Waals surface area contributed by atoms with Crippen LogP contribution in [-0.2, 0) is 0 Å². The maximum atomic E-state index is 12.3. The molecule has 1 aromatic carbocycles. The molecule has 0 aromatic heterocycles. The fourth-order valence-corrected chi connectivity index (χ4v) is 2.09. The van der Waals surface area contributed by atoms with Crippen LogP contribution >= 0.6 is 0 Å². The van der Waals surface area contributed by atoms with Crippen LogP contribution in [0.4, 0.5) is 0 Å². The van der Waals surface area contributed by atoms with E-state index in [-0.39, 0.29) is 5.91 Å². The molecule has 0 saturated carbocycles. The first kappa shape index (κ1) is 12.9. The van der Waals surface area contributed by atoms with Crippen LogP contribution in [0.5, 0.6) is 5.75 Å². The van der Waals surface area contributed by atoms with Gasteiger partial charge in [-0.3, -0.25) is 4.79 Å². The fourth-order valence-electron chi connectivity index (χ4n) is 2.09. The van der Waals surface area contributed by atoms with Gasteiger partial charge in [0.1, 0.15) is 5.75 Å². The Morgan fingerprint density at radius 3 is 2.44 bits per heavy atom. The average Bonchev–Trinajstić information content (AvgIpc) is 2.34. The van der Waals surface area contributed by atoms with Gasteiger partial charge in [0, 0.05) is 25.2 Å². The molecule has 0 atom stereocenters. The lowest BCUT2D eigenvalue weighted by Crippen LogP contribution is -2.58. The second kappa shape index (κ2) is 5.87. The Bertz CT molecular complexity index is 399. The molecule has 0 spiro atoms. The number of nitrogens with one attached hydrogen (secondary N) is 1. The van der Waals surface area contributed by atoms with Gasteiger partial charge in [-0.25, -0.2) is 0 Å². The van der Waals surface area contributed by atoms with Crippen molar-refractivity contribution < 1.29 is 9.53 Å². The summed E-state index contributed by atoms with van der Waals surface area (Å²) in [6.07, 6.45) is 0. The van der Waals surface area contributed by atoms with Gasteiger partial charge in [0.25, 0.3) is 5.91 Å². The van der Waals surface area contributed by atoms with Crippen molar-refractivity contribution in [3.05, 3.63) is 29.8 Å². The largest absolute Gasteiger partial charge is 0.494 e. The smallest absolute Gasteiger partial charge is 0.254 e. The summed E-state index contributed by atoms with van der Waals surface area (Å²) >= 11 is 0. The van der Waals surface area contributed by atoms with E-state index in [1.54, 1.807) is 0 Å². The quantitative estimate of drug-likeness (QED) is 0.859. The van der Waals surface area contributed by atoms with Crippen molar-refractivity contribution in [2.24, 2.45) is 0 Å². The Hall–Kier alpha value is -1.55. The molecule has 1 saturated heterocycles. The van der Waals surface area contributed by atoms with Crippen LogP contribution in [0.15, 0.2) is 24.3 Å². The van der Waals surface area contributed by atoms with Crippen LogP contribution in [0.2, 0.25) is 0 Å². The van der Waals surface area contributed by atoms with Crippen molar-refractivity contribution in [3.63, 3.8) is 0 Å². The lowest BCUT2D eigenvalue weighted by Gasteiger charge is -2.37. The van der Waals surface area contributed by atoms with Gasteiger partial charge in [0.2, 0.25) is 0 Å². The minimum absolute atomic E-state index is 0.104. The van der Waals surface area contributed by atoms with Gasteiger partial charge in [-0.15, -0.1) is 0 Å². The second-order valence-corrected chi connectivity index (χ2v) is 4.36. The van der Waals surface area contributed by atoms with E-state index in [1.807, 2.05) is 43.0 Å². The second-order valence-electron chi connectivity index (χ2n) is 4.36. The first-order valence-corrected chi connectivity index (χ1v) is 6.50. The molecule has 1 N–H and O–H groups in total. The van der Waals surface area contributed by atoms with E-state index in [2.05, 4.69) is 5.32 Å². The number of likely N-dealkylation sites (N-methyl/N-ethyl adjacent to an activating group) is 1. The van der Waals surface area contributed by atoms with E-state index in [9.17, 15) is 4.79 Å². The zero-order valence-corrected chi connectivity index (χ0v) is 11.0. The number of ether oxygens (including phenoxy) is 1. The highest BCUT2D eigenvalue weighted by atomic mass is 16.5. The first-order valence-electron chi connectivity index (χ1n) is 6.50. The molecular weight excluding hydrogens is 228 g/mol. The molecule has 1 amide bonds. The zero-order valence-electron chi connectivity index (χ0n) is 11.0. The maximum absolute atomic E-state index is 12.3. The molecule has 0 aliphatic carbocycles. The number of nitrogens with zero attached hydrogens (tertiary/aromatic N) is 1. The van der Waals surface area contributed by atoms with Crippen molar-refractivity contribution in [2.75, 3.05) is 26.2 Å². The molecule has 98 valence electrons. The molecule has 1 aromatic rings. The summed E-state index contributed by atoms with van der Waals surface area (Å²) in [6, 6.07) is 7.71. The van der Waals surface area contributed by atoms with Gasteiger partial charge < -0.3 is 15.0 Å². The van der Waals surface area contributed by atoms with Crippen molar-refractivity contribution >= 4 is 5.91 Å². The third-order valence-corrected chi connectivity index (χ3v) is 3.21. The minimum Gasteiger partial charge on any atom is -0.494 e. The van der Waals surface area contributed by atoms with E-state index in [0.717, 1.165) is 30.9 Å². The Morgan fingerprint density at radius 2 is 2.00 bits per heavy atom. The van der Waals surface area contributed by atoms with Crippen LogP contribution in [0.1, 0.15) is 24.2 Å². The lowest BCUT2D eigenvalue weighted by atomic mass is 10.1. The van der Waals surface area contributed by atoms with Crippen LogP contribution in [0, 0.1) is 0 Å². The van der Waals surface area contributed by atoms with Gasteiger partial charge in [0.15, 0.2) is 0 Å². The SMILES string of the molecule is CCOc1ccc(C(=O)N(CC)C2CNC2)cc1. The van der Waals surface area contributed by atoms with E-state index >= 15 is 0 Å². The average molecular weight is 248 g/mol. The van der Waals surface area contributed by atoms with E-state index in [1.165, 1.54) is 0 Å². The highest BCUT2D eigenvalue weighted by Gasteiger charge is 2.27. The van der Waals surface area contributed by atoms with Crippen molar-refractivity contribution in [2.45, 2.75) is 19.9 Å². The normalized spacial score (nSPS) is 15.0. The Balaban J connectivity index is 2.06. The number of hydrogen-bond acceptors (Lipinski definition) is 3. The van der Waals surface area contributed by atoms with Gasteiger partial charge in [-0.05, 0) is 38.1 Å². The van der Waals surface area contributed by atoms with Crippen molar-refractivity contribution in [1.82, 2.24) is 10.2 Å². The predicted molar refractivity (Wildman–Crippen MR) is 71.0 cm³/mol. The van der Waals surface area contributed by atoms with Gasteiger partial charge in [-0.2, -0.15) is 0 Å². The first-order chi connectivity index (χ1) is 8.76. The summed E-state index contributed by atoms with van der Waals surface area (Å²) in [6.45, 7) is 7.15. The van der Waals surface area contributed by atoms with Crippen LogP contribution in [0.25, 0.3) is 0 Å². The third-order valence-electron chi connectivity index (χ3n) is 3.21. The summed E-state index contributed by atoms with van der Waals surface area (Å²) < 4.78 is 5.37. The maximum Gasteiger partial charge on any atom is 0.254 e. The molecule has 0 unspecified atom stereocenters. The molecule has 1 fully saturated rings. The van der Waals surface area contributed by atoms with E-state index in [0.29, 0.717) is 12.6 Å². The number of rotatable bonds is 5. The van der Waals surface area contributed by atoms with E-state index in [4.69, 9.17) is 4.74 Å². The molecule has 1 heterocycles. The van der Waals surface area contributed by atoms with Crippen LogP contribution < -0.4 is 10.1 Å². The molecule has 4 nitrogen and oxygen atoms in total. The molecule has 18 heavy (non-hydrogen) atoms. The molecule has 1 aliphatic rings. The summed E-state index contributed by atoms with van der Waals surface area (Å²) in [5, 5.41) is 3.19. The molecule has 2 rings (SSSR count). The zero-order chi connectivity index (χ0) is 13.0. The summed E-state index contributed by atoms with van der Waals surface area (Å²) in [4.78, 5) is 14.3. The monoisotopic (exact) mass is 248 g/mol. The Morgan fingerprint density at radius 1 is 1.33 bits per heavy atom. The Labute approximate surface area is 108 Å². The lowest BCUT2D eigenvalue weighted by molar-refractivity contribution is 0.0630. The molecular formula is C14H20N2O2. The number of carbonyl (C=O) groups excluding carboxylic acids is 1. The number of benzene rings is 1. The summed E-state index contributed by atoms with van der Waals surface area (Å²) in [5.41, 5.74) is 0.729. The topological polar surface area (TPSA) is 41.6 Å². The number of carbonyl (C=O) groups is 1. The molecule has 4 heteroatoms. The standard InChI is InChI=1S/C14H20N2O2/c1-3-16(12-9-15-10-12)14(17)11-5-7-13(8-6-11)18-4-2/h5-8,12,15H,3-4,9-10H2,1-2H3. The number of amides is 1. The Kier molecular flexibility index (Phi) is 4.20. The molecule has 0 bridgehead atoms. The fraction of sp³-hybridized carbons (Fsp3) is 0.500. The number of hydrogen-bond donors (Lipinski definition) is 1. The molecule has 0 radical (unpaired) electrons. The molecule has 1 aliphatic heterocycles. The summed E-state index contributed by atoms with van der Waals surface area (Å²) in [7, 11) is 0. The van der Waals surface area contributed by atoms with E-state index < -0.39 is 0 Å². The van der Waals surface area contributed by atoms with Crippen LogP contribution in [0.3, 0.4) is 0 Å². The van der Waals surface area contributed by atoms with Gasteiger partial charge in [0.05, 0.1) is 12.6 Å². The summed E-state index contributed by atoms with van der Waals surface area (Å²) in [5.74, 6) is 0.912. The van der Waals surface area contributed by atoms with Gasteiger partial charge >= 0.3 is 0 Å². The highest BCUT2D eigenvalue weighted by Crippen LogP contribution is 2.15. The van der Waals surface area contributed by atoms with Crippen LogP contribution in [-0.4, -0.2) is 43.1 Å². The minimum atomic E-state index is 0.104. The van der Waals surface area contributed by atoms with Gasteiger partial charge in [-0.1, -0.05) is 0 Å². The van der Waals surface area contributed by atoms with Crippen molar-refractivity contribution in [1.29, 1.82) is 0 Å². The third kappa shape index (κ3) is 2.64.